The van der Waals surface area contributed by atoms with E-state index in [0.717, 1.165) is 32.6 Å². The molecule has 0 aromatic heterocycles. The Balaban J connectivity index is 1.60. The van der Waals surface area contributed by atoms with Crippen LogP contribution in [-0.4, -0.2) is 62.0 Å². The maximum absolute atomic E-state index is 12.7. The lowest BCUT2D eigenvalue weighted by atomic mass is 9.91. The van der Waals surface area contributed by atoms with Crippen molar-refractivity contribution in [3.63, 3.8) is 0 Å². The molecule has 3 aliphatic rings. The van der Waals surface area contributed by atoms with Gasteiger partial charge in [-0.05, 0) is 57.8 Å². The number of likely N-dealkylation sites (tertiary alicyclic amines) is 1. The van der Waals surface area contributed by atoms with Gasteiger partial charge in [0.25, 0.3) is 0 Å². The molecule has 3 atom stereocenters. The van der Waals surface area contributed by atoms with E-state index in [1.807, 2.05) is 0 Å². The molecule has 1 N–H and O–H groups in total. The van der Waals surface area contributed by atoms with Crippen molar-refractivity contribution in [2.75, 3.05) is 40.3 Å². The highest BCUT2D eigenvalue weighted by molar-refractivity contribution is 5.83. The van der Waals surface area contributed by atoms with Crippen LogP contribution in [0.1, 0.15) is 26.2 Å². The maximum Gasteiger partial charge on any atom is 0.226 e. The van der Waals surface area contributed by atoms with Crippen LogP contribution in [0.2, 0.25) is 0 Å². The summed E-state index contributed by atoms with van der Waals surface area (Å²) in [5.41, 5.74) is 0.377. The predicted octanol–water partition coefficient (Wildman–Crippen LogP) is 0.785. The molecule has 2 saturated heterocycles. The van der Waals surface area contributed by atoms with E-state index in [1.54, 1.807) is 0 Å². The number of likely N-dealkylation sites (N-methyl/N-ethyl adjacent to an activating group) is 1. The molecule has 0 aromatic rings. The highest BCUT2D eigenvalue weighted by Gasteiger charge is 2.59. The minimum Gasteiger partial charge on any atom is -0.341 e. The van der Waals surface area contributed by atoms with Crippen molar-refractivity contribution in [3.8, 4) is 0 Å². The van der Waals surface area contributed by atoms with Crippen molar-refractivity contribution >= 4 is 5.91 Å². The molecule has 108 valence electrons. The largest absolute Gasteiger partial charge is 0.341 e. The van der Waals surface area contributed by atoms with Crippen LogP contribution in [-0.2, 0) is 4.79 Å². The summed E-state index contributed by atoms with van der Waals surface area (Å²) in [5.74, 6) is 1.38. The van der Waals surface area contributed by atoms with Gasteiger partial charge in [0.05, 0.1) is 0 Å². The van der Waals surface area contributed by atoms with Gasteiger partial charge in [-0.2, -0.15) is 0 Å². The average molecular weight is 265 g/mol. The highest BCUT2D eigenvalue weighted by atomic mass is 16.2. The van der Waals surface area contributed by atoms with Gasteiger partial charge in [0.1, 0.15) is 0 Å². The van der Waals surface area contributed by atoms with Crippen LogP contribution in [0.4, 0.5) is 0 Å². The Bertz CT molecular complexity index is 362. The fraction of sp³-hybridized carbons (Fsp3) is 0.933. The summed E-state index contributed by atoms with van der Waals surface area (Å²) in [6, 6.07) is 0.534. The number of nitrogens with zero attached hydrogens (tertiary/aromatic N) is 2. The molecule has 3 rings (SSSR count). The average Bonchev–Trinajstić information content (AvgIpc) is 2.91. The van der Waals surface area contributed by atoms with Crippen molar-refractivity contribution in [1.82, 2.24) is 15.1 Å². The van der Waals surface area contributed by atoms with Crippen molar-refractivity contribution in [2.45, 2.75) is 32.2 Å². The van der Waals surface area contributed by atoms with Crippen LogP contribution in [0.3, 0.4) is 0 Å². The first-order valence-corrected chi connectivity index (χ1v) is 7.69. The van der Waals surface area contributed by atoms with Gasteiger partial charge in [-0.3, -0.25) is 4.79 Å². The number of carbonyl (C=O) groups is 1. The van der Waals surface area contributed by atoms with E-state index < -0.39 is 0 Å². The number of hydrogen-bond donors (Lipinski definition) is 1. The molecule has 1 amide bonds. The molecule has 0 aromatic carbocycles. The number of carbonyl (C=O) groups excluding carboxylic acids is 1. The molecule has 3 unspecified atom stereocenters. The van der Waals surface area contributed by atoms with E-state index >= 15 is 0 Å². The smallest absolute Gasteiger partial charge is 0.226 e. The van der Waals surface area contributed by atoms with Crippen molar-refractivity contribution in [1.29, 1.82) is 0 Å². The Morgan fingerprint density at radius 1 is 1.26 bits per heavy atom. The number of hydrogen-bond acceptors (Lipinski definition) is 3. The van der Waals surface area contributed by atoms with E-state index in [2.05, 4.69) is 36.1 Å². The Hall–Kier alpha value is -0.610. The van der Waals surface area contributed by atoms with Gasteiger partial charge in [0.15, 0.2) is 0 Å². The van der Waals surface area contributed by atoms with E-state index in [4.69, 9.17) is 0 Å². The van der Waals surface area contributed by atoms with Crippen LogP contribution in [0, 0.1) is 17.3 Å². The topological polar surface area (TPSA) is 35.6 Å². The van der Waals surface area contributed by atoms with E-state index in [1.165, 1.54) is 12.8 Å². The lowest BCUT2D eigenvalue weighted by Gasteiger charge is -2.25. The maximum atomic E-state index is 12.7. The second-order valence-electron chi connectivity index (χ2n) is 7.12. The van der Waals surface area contributed by atoms with Gasteiger partial charge in [-0.1, -0.05) is 6.92 Å². The molecule has 2 heterocycles. The zero-order valence-electron chi connectivity index (χ0n) is 12.5. The number of amides is 1. The molecule has 0 bridgehead atoms. The highest BCUT2D eigenvalue weighted by Crippen LogP contribution is 2.59. The molecule has 19 heavy (non-hydrogen) atoms. The number of piperidine rings is 1. The number of rotatable bonds is 2. The first-order valence-electron chi connectivity index (χ1n) is 7.69. The molecule has 0 radical (unpaired) electrons. The summed E-state index contributed by atoms with van der Waals surface area (Å²) in [6.07, 6.45) is 3.54. The summed E-state index contributed by atoms with van der Waals surface area (Å²) in [7, 11) is 4.25. The quantitative estimate of drug-likeness (QED) is 0.801. The normalized spacial score (nSPS) is 37.1. The van der Waals surface area contributed by atoms with Gasteiger partial charge < -0.3 is 15.1 Å². The summed E-state index contributed by atoms with van der Waals surface area (Å²) >= 11 is 0. The Labute approximate surface area is 116 Å². The van der Waals surface area contributed by atoms with Crippen LogP contribution in [0.5, 0.6) is 0 Å². The number of nitrogens with one attached hydrogen (secondary N) is 1. The van der Waals surface area contributed by atoms with Crippen LogP contribution in [0.25, 0.3) is 0 Å². The Morgan fingerprint density at radius 2 is 1.95 bits per heavy atom. The van der Waals surface area contributed by atoms with E-state index in [-0.39, 0.29) is 0 Å². The molecule has 4 nitrogen and oxygen atoms in total. The fourth-order valence-corrected chi connectivity index (χ4v) is 4.20. The molecule has 4 heteroatoms. The Morgan fingerprint density at radius 3 is 2.53 bits per heavy atom. The minimum atomic E-state index is 0.336. The summed E-state index contributed by atoms with van der Waals surface area (Å²) in [4.78, 5) is 17.1. The monoisotopic (exact) mass is 265 g/mol. The van der Waals surface area contributed by atoms with Crippen LogP contribution >= 0.6 is 0 Å². The third-order valence-corrected chi connectivity index (χ3v) is 5.63. The zero-order valence-corrected chi connectivity index (χ0v) is 12.5. The summed E-state index contributed by atoms with van der Waals surface area (Å²) in [5, 5.41) is 3.41. The molecule has 1 spiro atoms. The lowest BCUT2D eigenvalue weighted by Crippen LogP contribution is -2.38. The summed E-state index contributed by atoms with van der Waals surface area (Å²) in [6.45, 7) is 6.34. The third kappa shape index (κ3) is 2.29. The van der Waals surface area contributed by atoms with Gasteiger partial charge >= 0.3 is 0 Å². The predicted molar refractivity (Wildman–Crippen MR) is 75.9 cm³/mol. The third-order valence-electron chi connectivity index (χ3n) is 5.63. The minimum absolute atomic E-state index is 0.336. The molecule has 1 saturated carbocycles. The van der Waals surface area contributed by atoms with E-state index in [9.17, 15) is 4.79 Å². The van der Waals surface area contributed by atoms with Crippen LogP contribution < -0.4 is 5.32 Å². The molecule has 3 fully saturated rings. The second-order valence-corrected chi connectivity index (χ2v) is 7.12. The van der Waals surface area contributed by atoms with E-state index in [0.29, 0.717) is 29.2 Å². The second kappa shape index (κ2) is 4.74. The van der Waals surface area contributed by atoms with Gasteiger partial charge in [-0.15, -0.1) is 0 Å². The van der Waals surface area contributed by atoms with Crippen molar-refractivity contribution < 1.29 is 4.79 Å². The van der Waals surface area contributed by atoms with Crippen molar-refractivity contribution in [3.05, 3.63) is 0 Å². The Kier molecular flexibility index (Phi) is 3.34. The first-order chi connectivity index (χ1) is 9.03. The molecular weight excluding hydrogens is 238 g/mol. The fourth-order valence-electron chi connectivity index (χ4n) is 4.20. The molecule has 1 aliphatic carbocycles. The van der Waals surface area contributed by atoms with Gasteiger partial charge in [-0.25, -0.2) is 0 Å². The molecular formula is C15H27N3O. The summed E-state index contributed by atoms with van der Waals surface area (Å²) < 4.78 is 0. The standard InChI is InChI=1S/C15H27N3O/c1-11-9-18(10-13(11)17(2)3)14(19)12-8-15(12)4-6-16-7-5-15/h11-13,16H,4-10H2,1-3H3. The van der Waals surface area contributed by atoms with Crippen molar-refractivity contribution in [2.24, 2.45) is 17.3 Å². The zero-order chi connectivity index (χ0) is 13.6. The van der Waals surface area contributed by atoms with Gasteiger partial charge in [0.2, 0.25) is 5.91 Å². The molecule has 2 aliphatic heterocycles. The lowest BCUT2D eigenvalue weighted by molar-refractivity contribution is -0.132. The van der Waals surface area contributed by atoms with Crippen LogP contribution in [0.15, 0.2) is 0 Å². The first kappa shape index (κ1) is 13.4. The SMILES string of the molecule is CC1CN(C(=O)C2CC23CCNCC3)CC1N(C)C. The van der Waals surface area contributed by atoms with Gasteiger partial charge in [0, 0.05) is 25.0 Å².